The van der Waals surface area contributed by atoms with Crippen LogP contribution in [0.1, 0.15) is 18.4 Å². The molecule has 100 valence electrons. The van der Waals surface area contributed by atoms with Gasteiger partial charge in [0.05, 0.1) is 0 Å². The van der Waals surface area contributed by atoms with Crippen LogP contribution in [0.3, 0.4) is 0 Å². The lowest BCUT2D eigenvalue weighted by Crippen LogP contribution is -2.37. The van der Waals surface area contributed by atoms with Gasteiger partial charge >= 0.3 is 0 Å². The van der Waals surface area contributed by atoms with Crippen molar-refractivity contribution in [2.24, 2.45) is 5.92 Å². The highest BCUT2D eigenvalue weighted by Crippen LogP contribution is 2.14. The van der Waals surface area contributed by atoms with Gasteiger partial charge in [0.1, 0.15) is 11.6 Å². The van der Waals surface area contributed by atoms with Gasteiger partial charge in [-0.1, -0.05) is 0 Å². The minimum absolute atomic E-state index is 0.343. The molecule has 1 heterocycles. The monoisotopic (exact) mass is 254 g/mol. The van der Waals surface area contributed by atoms with Gasteiger partial charge in [0.25, 0.3) is 0 Å². The second-order valence-electron chi connectivity index (χ2n) is 5.14. The number of nitrogens with one attached hydrogen (secondary N) is 1. The van der Waals surface area contributed by atoms with Crippen LogP contribution in [-0.2, 0) is 6.54 Å². The van der Waals surface area contributed by atoms with E-state index in [1.54, 1.807) is 0 Å². The smallest absolute Gasteiger partial charge is 0.127 e. The first-order valence-electron chi connectivity index (χ1n) is 6.48. The normalized spacial score (nSPS) is 21.2. The molecule has 1 fully saturated rings. The SMILES string of the molecule is CN1CCCC(CNCc2cc(F)ccc2F)C1. The molecular formula is C14H20F2N2. The molecule has 0 bridgehead atoms. The van der Waals surface area contributed by atoms with Crippen molar-refractivity contribution in [2.75, 3.05) is 26.7 Å². The highest BCUT2D eigenvalue weighted by molar-refractivity contribution is 5.18. The van der Waals surface area contributed by atoms with E-state index in [4.69, 9.17) is 0 Å². The van der Waals surface area contributed by atoms with Crippen molar-refractivity contribution in [3.8, 4) is 0 Å². The maximum Gasteiger partial charge on any atom is 0.127 e. The number of piperidine rings is 1. The number of hydrogen-bond donors (Lipinski definition) is 1. The third kappa shape index (κ3) is 3.75. The van der Waals surface area contributed by atoms with Gasteiger partial charge in [-0.3, -0.25) is 0 Å². The summed E-state index contributed by atoms with van der Waals surface area (Å²) < 4.78 is 26.4. The van der Waals surface area contributed by atoms with Gasteiger partial charge in [-0.15, -0.1) is 0 Å². The molecule has 4 heteroatoms. The summed E-state index contributed by atoms with van der Waals surface area (Å²) in [7, 11) is 2.12. The molecule has 2 rings (SSSR count). The third-order valence-electron chi connectivity index (χ3n) is 3.48. The van der Waals surface area contributed by atoms with Gasteiger partial charge in [0, 0.05) is 18.7 Å². The zero-order valence-electron chi connectivity index (χ0n) is 10.8. The van der Waals surface area contributed by atoms with E-state index in [9.17, 15) is 8.78 Å². The van der Waals surface area contributed by atoms with E-state index in [-0.39, 0.29) is 11.6 Å². The first-order valence-corrected chi connectivity index (χ1v) is 6.48. The molecule has 1 unspecified atom stereocenters. The molecule has 0 aliphatic carbocycles. The van der Waals surface area contributed by atoms with E-state index in [2.05, 4.69) is 17.3 Å². The maximum atomic E-state index is 13.4. The second kappa shape index (κ2) is 6.25. The molecule has 1 aliphatic heterocycles. The first kappa shape index (κ1) is 13.4. The second-order valence-corrected chi connectivity index (χ2v) is 5.14. The van der Waals surface area contributed by atoms with Crippen LogP contribution in [0.4, 0.5) is 8.78 Å². The fourth-order valence-corrected chi connectivity index (χ4v) is 2.53. The Morgan fingerprint density at radius 3 is 3.00 bits per heavy atom. The lowest BCUT2D eigenvalue weighted by atomic mass is 9.98. The number of likely N-dealkylation sites (tertiary alicyclic amines) is 1. The standard InChI is InChI=1S/C14H20F2N2/c1-18-6-2-3-11(10-18)8-17-9-12-7-13(15)4-5-14(12)16/h4-5,7,11,17H,2-3,6,8-10H2,1H3. The average Bonchev–Trinajstić information content (AvgIpc) is 2.34. The van der Waals surface area contributed by atoms with Gasteiger partial charge < -0.3 is 10.2 Å². The minimum Gasteiger partial charge on any atom is -0.312 e. The van der Waals surface area contributed by atoms with Crippen LogP contribution in [0.2, 0.25) is 0 Å². The van der Waals surface area contributed by atoms with E-state index in [0.717, 1.165) is 25.7 Å². The molecule has 1 aliphatic rings. The Labute approximate surface area is 107 Å². The van der Waals surface area contributed by atoms with Crippen molar-refractivity contribution in [3.63, 3.8) is 0 Å². The molecule has 0 saturated carbocycles. The molecule has 1 N–H and O–H groups in total. The quantitative estimate of drug-likeness (QED) is 0.887. The van der Waals surface area contributed by atoms with E-state index in [0.29, 0.717) is 18.0 Å². The molecule has 1 aromatic carbocycles. The molecule has 2 nitrogen and oxygen atoms in total. The number of nitrogens with zero attached hydrogens (tertiary/aromatic N) is 1. The van der Waals surface area contributed by atoms with Crippen molar-refractivity contribution in [3.05, 3.63) is 35.4 Å². The number of hydrogen-bond acceptors (Lipinski definition) is 2. The molecule has 1 atom stereocenters. The number of rotatable bonds is 4. The van der Waals surface area contributed by atoms with Gasteiger partial charge in [-0.25, -0.2) is 8.78 Å². The van der Waals surface area contributed by atoms with Gasteiger partial charge in [0.2, 0.25) is 0 Å². The Balaban J connectivity index is 1.79. The van der Waals surface area contributed by atoms with Crippen LogP contribution in [0, 0.1) is 17.6 Å². The summed E-state index contributed by atoms with van der Waals surface area (Å²) in [5.74, 6) is -0.115. The van der Waals surface area contributed by atoms with E-state index in [1.165, 1.54) is 25.0 Å². The summed E-state index contributed by atoms with van der Waals surface area (Å²) in [6.07, 6.45) is 2.43. The maximum absolute atomic E-state index is 13.4. The predicted molar refractivity (Wildman–Crippen MR) is 68.3 cm³/mol. The van der Waals surface area contributed by atoms with E-state index in [1.807, 2.05) is 0 Å². The third-order valence-corrected chi connectivity index (χ3v) is 3.48. The van der Waals surface area contributed by atoms with Crippen molar-refractivity contribution >= 4 is 0 Å². The Hall–Kier alpha value is -1.00. The number of halogens is 2. The fourth-order valence-electron chi connectivity index (χ4n) is 2.53. The molecule has 18 heavy (non-hydrogen) atoms. The number of benzene rings is 1. The molecule has 0 radical (unpaired) electrons. The zero-order chi connectivity index (χ0) is 13.0. The van der Waals surface area contributed by atoms with Gasteiger partial charge in [-0.2, -0.15) is 0 Å². The topological polar surface area (TPSA) is 15.3 Å². The summed E-state index contributed by atoms with van der Waals surface area (Å²) in [4.78, 5) is 2.32. The summed E-state index contributed by atoms with van der Waals surface area (Å²) in [6, 6.07) is 3.59. The molecule has 0 spiro atoms. The van der Waals surface area contributed by atoms with Gasteiger partial charge in [0.15, 0.2) is 0 Å². The summed E-state index contributed by atoms with van der Waals surface area (Å²) in [5.41, 5.74) is 0.402. The van der Waals surface area contributed by atoms with Crippen molar-refractivity contribution < 1.29 is 8.78 Å². The summed E-state index contributed by atoms with van der Waals surface area (Å²) in [5, 5.41) is 3.23. The summed E-state index contributed by atoms with van der Waals surface area (Å²) in [6.45, 7) is 3.50. The lowest BCUT2D eigenvalue weighted by molar-refractivity contribution is 0.206. The Bertz CT molecular complexity index is 395. The predicted octanol–water partition coefficient (Wildman–Crippen LogP) is 2.40. The van der Waals surface area contributed by atoms with Gasteiger partial charge in [-0.05, 0) is 57.1 Å². The summed E-state index contributed by atoms with van der Waals surface area (Å²) >= 11 is 0. The van der Waals surface area contributed by atoms with Crippen molar-refractivity contribution in [2.45, 2.75) is 19.4 Å². The first-order chi connectivity index (χ1) is 8.65. The van der Waals surface area contributed by atoms with Crippen LogP contribution in [0.5, 0.6) is 0 Å². The van der Waals surface area contributed by atoms with Crippen molar-refractivity contribution in [1.82, 2.24) is 10.2 Å². The van der Waals surface area contributed by atoms with Crippen molar-refractivity contribution in [1.29, 1.82) is 0 Å². The minimum atomic E-state index is -0.384. The average molecular weight is 254 g/mol. The zero-order valence-corrected chi connectivity index (χ0v) is 10.8. The molecular weight excluding hydrogens is 234 g/mol. The van der Waals surface area contributed by atoms with Crippen LogP contribution in [0.25, 0.3) is 0 Å². The molecule has 0 aromatic heterocycles. The Morgan fingerprint density at radius 1 is 1.39 bits per heavy atom. The highest BCUT2D eigenvalue weighted by Gasteiger charge is 2.16. The Kier molecular flexibility index (Phi) is 4.66. The largest absolute Gasteiger partial charge is 0.312 e. The molecule has 0 amide bonds. The molecule has 1 saturated heterocycles. The van der Waals surface area contributed by atoms with Crippen LogP contribution >= 0.6 is 0 Å². The molecule has 1 aromatic rings. The highest BCUT2D eigenvalue weighted by atomic mass is 19.1. The fraction of sp³-hybridized carbons (Fsp3) is 0.571. The van der Waals surface area contributed by atoms with Crippen LogP contribution in [0.15, 0.2) is 18.2 Å². The lowest BCUT2D eigenvalue weighted by Gasteiger charge is -2.29. The van der Waals surface area contributed by atoms with E-state index < -0.39 is 0 Å². The van der Waals surface area contributed by atoms with Crippen LogP contribution < -0.4 is 5.32 Å². The van der Waals surface area contributed by atoms with Crippen LogP contribution in [-0.4, -0.2) is 31.6 Å². The Morgan fingerprint density at radius 2 is 2.22 bits per heavy atom. The van der Waals surface area contributed by atoms with E-state index >= 15 is 0 Å².